The maximum Gasteiger partial charge on any atom is 0.318 e. The summed E-state index contributed by atoms with van der Waals surface area (Å²) in [6, 6.07) is 0. The van der Waals surface area contributed by atoms with Gasteiger partial charge in [-0.25, -0.2) is 5.43 Å². The van der Waals surface area contributed by atoms with Gasteiger partial charge in [0.15, 0.2) is 0 Å². The van der Waals surface area contributed by atoms with E-state index < -0.39 is 5.97 Å². The van der Waals surface area contributed by atoms with Gasteiger partial charge in [0.1, 0.15) is 6.54 Å². The molecule has 0 aliphatic heterocycles. The number of hydrogen-bond donors (Lipinski definition) is 3. The number of rotatable bonds is 2. The third-order valence-corrected chi connectivity index (χ3v) is 0.253. The van der Waals surface area contributed by atoms with Crippen molar-refractivity contribution in [2.24, 2.45) is 5.84 Å². The van der Waals surface area contributed by atoms with E-state index in [4.69, 9.17) is 5.11 Å². The van der Waals surface area contributed by atoms with Crippen LogP contribution in [-0.4, -0.2) is 23.1 Å². The lowest BCUT2D eigenvalue weighted by Crippen LogP contribution is -2.28. The van der Waals surface area contributed by atoms with Gasteiger partial charge in [-0.3, -0.25) is 10.6 Å². The highest BCUT2D eigenvalue weighted by Gasteiger charge is 1.86. The van der Waals surface area contributed by atoms with Crippen LogP contribution in [0.15, 0.2) is 0 Å². The van der Waals surface area contributed by atoms with Gasteiger partial charge in [0.05, 0.1) is 0 Å². The van der Waals surface area contributed by atoms with Crippen molar-refractivity contribution in [1.29, 1.82) is 0 Å². The molecule has 5 heteroatoms. The van der Waals surface area contributed by atoms with Crippen LogP contribution < -0.4 is 11.3 Å². The van der Waals surface area contributed by atoms with E-state index in [2.05, 4.69) is 5.84 Å². The summed E-state index contributed by atoms with van der Waals surface area (Å²) in [5, 5.41) is 7.77. The van der Waals surface area contributed by atoms with Gasteiger partial charge in [-0.1, -0.05) is 0 Å². The van der Waals surface area contributed by atoms with Crippen molar-refractivity contribution >= 4 is 5.97 Å². The Bertz CT molecular complexity index is 54.9. The first-order chi connectivity index (χ1) is 2.77. The zero-order valence-electron chi connectivity index (χ0n) is 3.64. The Labute approximate surface area is 40.4 Å². The van der Waals surface area contributed by atoms with Gasteiger partial charge in [-0.05, 0) is 0 Å². The topological polar surface area (TPSA) is 107 Å². The van der Waals surface area contributed by atoms with Crippen LogP contribution in [0, 0.1) is 0 Å². The predicted molar refractivity (Wildman–Crippen MR) is 23.4 cm³/mol. The fraction of sp³-hybridized carbons (Fsp3) is 0.500. The van der Waals surface area contributed by atoms with Crippen LogP contribution in [0.3, 0.4) is 0 Å². The Balaban J connectivity index is 0. The van der Waals surface area contributed by atoms with Gasteiger partial charge in [-0.2, -0.15) is 0 Å². The van der Waals surface area contributed by atoms with Gasteiger partial charge in [0.2, 0.25) is 0 Å². The third kappa shape index (κ3) is 10.9. The predicted octanol–water partition coefficient (Wildman–Crippen LogP) is -2.29. The fourth-order valence-electron chi connectivity index (χ4n) is 0.0873. The second-order valence-electron chi connectivity index (χ2n) is 0.775. The van der Waals surface area contributed by atoms with Crippen LogP contribution in [0.4, 0.5) is 0 Å². The molecule has 7 heavy (non-hydrogen) atoms. The minimum atomic E-state index is -0.947. The Morgan fingerprint density at radius 2 is 2.29 bits per heavy atom. The second-order valence-corrected chi connectivity index (χ2v) is 0.775. The van der Waals surface area contributed by atoms with E-state index in [9.17, 15) is 4.79 Å². The molecule has 0 aromatic heterocycles. The van der Waals surface area contributed by atoms with Gasteiger partial charge in [0, 0.05) is 0 Å². The third-order valence-electron chi connectivity index (χ3n) is 0.253. The Kier molecular flexibility index (Phi) is 7.34. The van der Waals surface area contributed by atoms with Crippen molar-refractivity contribution in [1.82, 2.24) is 5.43 Å². The molecular weight excluding hydrogens is 100 g/mol. The zero-order valence-corrected chi connectivity index (χ0v) is 3.64. The summed E-state index contributed by atoms with van der Waals surface area (Å²) in [5.74, 6) is 3.65. The molecule has 0 aliphatic carbocycles. The van der Waals surface area contributed by atoms with Crippen molar-refractivity contribution in [2.75, 3.05) is 6.54 Å². The smallest absolute Gasteiger partial charge is 0.318 e. The van der Waals surface area contributed by atoms with Crippen LogP contribution in [0.1, 0.15) is 0 Å². The number of nitrogens with one attached hydrogen (secondary N) is 1. The van der Waals surface area contributed by atoms with E-state index in [1.165, 1.54) is 0 Å². The molecule has 44 valence electrons. The standard InChI is InChI=1S/C2H6N2O2.H2O/c3-4-1-2(5)6;/h4H,1,3H2,(H,5,6);1H2. The summed E-state index contributed by atoms with van der Waals surface area (Å²) < 4.78 is 0. The highest BCUT2D eigenvalue weighted by molar-refractivity contribution is 5.68. The summed E-state index contributed by atoms with van der Waals surface area (Å²) >= 11 is 0. The number of hydrazine groups is 1. The monoisotopic (exact) mass is 108 g/mol. The molecule has 0 spiro atoms. The van der Waals surface area contributed by atoms with E-state index in [0.29, 0.717) is 0 Å². The zero-order chi connectivity index (χ0) is 4.99. The summed E-state index contributed by atoms with van der Waals surface area (Å²) in [4.78, 5) is 9.46. The lowest BCUT2D eigenvalue weighted by molar-refractivity contribution is -0.135. The van der Waals surface area contributed by atoms with E-state index in [1.807, 2.05) is 5.43 Å². The minimum absolute atomic E-state index is 0. The first-order valence-electron chi connectivity index (χ1n) is 1.42. The number of carboxylic acid groups (broad SMARTS) is 1. The average molecular weight is 108 g/mol. The average Bonchev–Trinajstić information content (AvgIpc) is 1.35. The largest absolute Gasteiger partial charge is 0.480 e. The molecular formula is C2H8N2O3. The Morgan fingerprint density at radius 3 is 2.29 bits per heavy atom. The Morgan fingerprint density at radius 1 is 1.86 bits per heavy atom. The van der Waals surface area contributed by atoms with Gasteiger partial charge >= 0.3 is 5.97 Å². The molecule has 0 fully saturated rings. The van der Waals surface area contributed by atoms with Crippen LogP contribution >= 0.6 is 0 Å². The second kappa shape index (κ2) is 5.35. The SMILES string of the molecule is NNCC(=O)O.O. The highest BCUT2D eigenvalue weighted by Crippen LogP contribution is 1.48. The number of carboxylic acids is 1. The molecule has 0 aromatic carbocycles. The van der Waals surface area contributed by atoms with Crippen molar-refractivity contribution in [3.05, 3.63) is 0 Å². The van der Waals surface area contributed by atoms with Gasteiger partial charge in [-0.15, -0.1) is 0 Å². The molecule has 0 rings (SSSR count). The molecule has 0 atom stereocenters. The normalized spacial score (nSPS) is 7.00. The lowest BCUT2D eigenvalue weighted by Gasteiger charge is -1.84. The molecule has 5 nitrogen and oxygen atoms in total. The maximum atomic E-state index is 9.46. The quantitative estimate of drug-likeness (QED) is 0.273. The summed E-state index contributed by atoms with van der Waals surface area (Å²) in [6.45, 7) is -0.181. The van der Waals surface area contributed by atoms with Crippen LogP contribution in [0.25, 0.3) is 0 Å². The summed E-state index contributed by atoms with van der Waals surface area (Å²) in [5.41, 5.74) is 1.97. The van der Waals surface area contributed by atoms with Crippen LogP contribution in [0.2, 0.25) is 0 Å². The maximum absolute atomic E-state index is 9.46. The molecule has 0 bridgehead atoms. The van der Waals surface area contributed by atoms with Gasteiger partial charge in [0.25, 0.3) is 0 Å². The van der Waals surface area contributed by atoms with E-state index in [-0.39, 0.29) is 12.0 Å². The molecule has 0 unspecified atom stereocenters. The van der Waals surface area contributed by atoms with Crippen molar-refractivity contribution in [2.45, 2.75) is 0 Å². The van der Waals surface area contributed by atoms with Crippen molar-refractivity contribution < 1.29 is 15.4 Å². The number of aliphatic carboxylic acids is 1. The molecule has 0 radical (unpaired) electrons. The molecule has 0 saturated heterocycles. The Hall–Kier alpha value is -0.650. The highest BCUT2D eigenvalue weighted by atomic mass is 16.4. The molecule has 0 aliphatic rings. The molecule has 0 saturated carbocycles. The number of nitrogens with two attached hydrogens (primary N) is 1. The number of carbonyl (C=O) groups is 1. The summed E-state index contributed by atoms with van der Waals surface area (Å²) in [6.07, 6.45) is 0. The molecule has 6 N–H and O–H groups in total. The first-order valence-corrected chi connectivity index (χ1v) is 1.42. The van der Waals surface area contributed by atoms with Crippen LogP contribution in [-0.2, 0) is 4.79 Å². The lowest BCUT2D eigenvalue weighted by atomic mass is 10.7. The van der Waals surface area contributed by atoms with E-state index in [0.717, 1.165) is 0 Å². The number of hydrogen-bond acceptors (Lipinski definition) is 3. The minimum Gasteiger partial charge on any atom is -0.480 e. The molecule has 0 amide bonds. The first kappa shape index (κ1) is 9.61. The van der Waals surface area contributed by atoms with E-state index >= 15 is 0 Å². The van der Waals surface area contributed by atoms with E-state index in [1.54, 1.807) is 0 Å². The van der Waals surface area contributed by atoms with Gasteiger partial charge < -0.3 is 10.6 Å². The van der Waals surface area contributed by atoms with Crippen molar-refractivity contribution in [3.8, 4) is 0 Å². The molecule has 0 aromatic rings. The van der Waals surface area contributed by atoms with Crippen molar-refractivity contribution in [3.63, 3.8) is 0 Å². The fourth-order valence-corrected chi connectivity index (χ4v) is 0.0873. The summed E-state index contributed by atoms with van der Waals surface area (Å²) in [7, 11) is 0. The molecule has 0 heterocycles. The van der Waals surface area contributed by atoms with Crippen LogP contribution in [0.5, 0.6) is 0 Å².